The van der Waals surface area contributed by atoms with Crippen LogP contribution in [0.1, 0.15) is 86.1 Å². The molecule has 126 valence electrons. The van der Waals surface area contributed by atoms with Crippen LogP contribution in [0.25, 0.3) is 9.75 Å². The van der Waals surface area contributed by atoms with Gasteiger partial charge in [0.2, 0.25) is 0 Å². The molecule has 1 aliphatic carbocycles. The Balaban J connectivity index is 1.58. The molecule has 1 aliphatic rings. The van der Waals surface area contributed by atoms with Crippen molar-refractivity contribution in [2.24, 2.45) is 0 Å². The number of rotatable bonds is 10. The maximum absolute atomic E-state index is 2.50. The van der Waals surface area contributed by atoms with Gasteiger partial charge in [-0.15, -0.1) is 22.7 Å². The van der Waals surface area contributed by atoms with Gasteiger partial charge in [0, 0.05) is 25.9 Å². The maximum atomic E-state index is 2.50. The minimum absolute atomic E-state index is 1.20. The van der Waals surface area contributed by atoms with Gasteiger partial charge in [0.1, 0.15) is 0 Å². The van der Waals surface area contributed by atoms with Crippen LogP contribution in [0.3, 0.4) is 0 Å². The zero-order chi connectivity index (χ0) is 16.1. The Hall–Kier alpha value is -0.600. The topological polar surface area (TPSA) is 0 Å². The van der Waals surface area contributed by atoms with Crippen molar-refractivity contribution in [3.8, 4) is 9.75 Å². The average molecular weight is 347 g/mol. The summed E-state index contributed by atoms with van der Waals surface area (Å²) in [6.45, 7) is 4.58. The molecule has 0 radical (unpaired) electrons. The largest absolute Gasteiger partial charge is 0.139 e. The fourth-order valence-electron chi connectivity index (χ4n) is 3.52. The summed E-state index contributed by atoms with van der Waals surface area (Å²) in [6.07, 6.45) is 14.8. The summed E-state index contributed by atoms with van der Waals surface area (Å²) in [5, 5.41) is 0. The fraction of sp³-hybridized carbons (Fsp3) is 0.619. The van der Waals surface area contributed by atoms with Crippen LogP contribution < -0.4 is 0 Å². The number of aryl methyl sites for hydroxylation is 2. The maximum Gasteiger partial charge on any atom is 0.0483 e. The van der Waals surface area contributed by atoms with E-state index in [9.17, 15) is 0 Å². The molecule has 2 aromatic heterocycles. The fourth-order valence-corrected chi connectivity index (χ4v) is 6.16. The summed E-state index contributed by atoms with van der Waals surface area (Å²) in [6, 6.07) is 5.00. The molecule has 2 heteroatoms. The van der Waals surface area contributed by atoms with Crippen LogP contribution in [-0.4, -0.2) is 0 Å². The van der Waals surface area contributed by atoms with Gasteiger partial charge in [0.05, 0.1) is 0 Å². The minimum Gasteiger partial charge on any atom is -0.139 e. The lowest BCUT2D eigenvalue weighted by molar-refractivity contribution is 0.670. The highest BCUT2D eigenvalue weighted by Crippen LogP contribution is 2.47. The van der Waals surface area contributed by atoms with E-state index in [-0.39, 0.29) is 0 Å². The number of thiophene rings is 2. The van der Waals surface area contributed by atoms with Crippen molar-refractivity contribution in [1.29, 1.82) is 0 Å². The van der Waals surface area contributed by atoms with E-state index in [0.717, 1.165) is 0 Å². The van der Waals surface area contributed by atoms with E-state index in [1.54, 1.807) is 30.6 Å². The van der Waals surface area contributed by atoms with Gasteiger partial charge in [-0.2, -0.15) is 0 Å². The summed E-state index contributed by atoms with van der Waals surface area (Å²) >= 11 is 4.16. The van der Waals surface area contributed by atoms with E-state index >= 15 is 0 Å². The second-order valence-corrected chi connectivity index (χ2v) is 9.21. The molecule has 3 rings (SSSR count). The zero-order valence-electron chi connectivity index (χ0n) is 14.7. The van der Waals surface area contributed by atoms with Crippen LogP contribution in [0, 0.1) is 0 Å². The predicted octanol–water partition coefficient (Wildman–Crippen LogP) is 7.63. The first kappa shape index (κ1) is 17.2. The molecule has 0 N–H and O–H groups in total. The van der Waals surface area contributed by atoms with Crippen molar-refractivity contribution in [1.82, 2.24) is 0 Å². The number of hydrogen-bond donors (Lipinski definition) is 0. The Labute approximate surface area is 150 Å². The SMILES string of the molecule is CCCCCCc1cc2c(s1)-c1sc(CCCCCC)cc1C2. The third kappa shape index (κ3) is 4.28. The van der Waals surface area contributed by atoms with E-state index in [2.05, 4.69) is 48.7 Å². The van der Waals surface area contributed by atoms with Gasteiger partial charge in [0.25, 0.3) is 0 Å². The van der Waals surface area contributed by atoms with Gasteiger partial charge in [-0.1, -0.05) is 52.4 Å². The third-order valence-electron chi connectivity index (χ3n) is 4.86. The minimum atomic E-state index is 1.20. The zero-order valence-corrected chi connectivity index (χ0v) is 16.4. The number of hydrogen-bond acceptors (Lipinski definition) is 2. The Morgan fingerprint density at radius 2 is 1.17 bits per heavy atom. The van der Waals surface area contributed by atoms with Gasteiger partial charge < -0.3 is 0 Å². The third-order valence-corrected chi connectivity index (χ3v) is 7.50. The molecule has 0 saturated heterocycles. The molecule has 0 saturated carbocycles. The van der Waals surface area contributed by atoms with Gasteiger partial charge in [-0.25, -0.2) is 0 Å². The van der Waals surface area contributed by atoms with Gasteiger partial charge in [0.15, 0.2) is 0 Å². The van der Waals surface area contributed by atoms with Gasteiger partial charge >= 0.3 is 0 Å². The second-order valence-electron chi connectivity index (χ2n) is 6.93. The normalized spacial score (nSPS) is 12.6. The molecule has 0 fully saturated rings. The standard InChI is InChI=1S/C21H30S2/c1-3-5-7-9-11-18-14-16-13-17-15-19(12-10-8-6-4-2)23-21(17)20(16)22-18/h14-15H,3-13H2,1-2H3. The smallest absolute Gasteiger partial charge is 0.0483 e. The Bertz CT molecular complexity index is 564. The lowest BCUT2D eigenvalue weighted by Gasteiger charge is -1.97. The first-order valence-corrected chi connectivity index (χ1v) is 11.2. The predicted molar refractivity (Wildman–Crippen MR) is 106 cm³/mol. The molecule has 0 amide bonds. The summed E-state index contributed by atoms with van der Waals surface area (Å²) in [4.78, 5) is 6.45. The summed E-state index contributed by atoms with van der Waals surface area (Å²) in [7, 11) is 0. The lowest BCUT2D eigenvalue weighted by atomic mass is 10.1. The monoisotopic (exact) mass is 346 g/mol. The Morgan fingerprint density at radius 1 is 0.696 bits per heavy atom. The highest BCUT2D eigenvalue weighted by molar-refractivity contribution is 7.22. The van der Waals surface area contributed by atoms with Crippen molar-refractivity contribution in [2.75, 3.05) is 0 Å². The van der Waals surface area contributed by atoms with Gasteiger partial charge in [-0.3, -0.25) is 0 Å². The molecule has 0 aliphatic heterocycles. The summed E-state index contributed by atoms with van der Waals surface area (Å²) in [5.74, 6) is 0. The molecule has 0 unspecified atom stereocenters. The van der Waals surface area contributed by atoms with Crippen molar-refractivity contribution >= 4 is 22.7 Å². The first-order chi connectivity index (χ1) is 11.3. The number of fused-ring (bicyclic) bond motifs is 3. The molecule has 0 aromatic carbocycles. The van der Waals surface area contributed by atoms with Crippen molar-refractivity contribution in [3.63, 3.8) is 0 Å². The van der Waals surface area contributed by atoms with E-state index in [0.29, 0.717) is 0 Å². The Morgan fingerprint density at radius 3 is 1.61 bits per heavy atom. The quantitative estimate of drug-likeness (QED) is 0.331. The molecule has 0 bridgehead atoms. The molecule has 2 aromatic rings. The second kappa shape index (κ2) is 8.48. The van der Waals surface area contributed by atoms with Crippen LogP contribution in [0.2, 0.25) is 0 Å². The van der Waals surface area contributed by atoms with Crippen LogP contribution in [-0.2, 0) is 19.3 Å². The summed E-state index contributed by atoms with van der Waals surface area (Å²) in [5.41, 5.74) is 3.22. The molecule has 0 atom stereocenters. The number of unbranched alkanes of at least 4 members (excludes halogenated alkanes) is 6. The highest BCUT2D eigenvalue weighted by Gasteiger charge is 2.24. The van der Waals surface area contributed by atoms with Crippen molar-refractivity contribution in [3.05, 3.63) is 33.0 Å². The van der Waals surface area contributed by atoms with Crippen LogP contribution >= 0.6 is 22.7 Å². The van der Waals surface area contributed by atoms with E-state index in [1.165, 1.54) is 70.6 Å². The van der Waals surface area contributed by atoms with E-state index in [1.807, 2.05) is 0 Å². The van der Waals surface area contributed by atoms with Crippen LogP contribution in [0.4, 0.5) is 0 Å². The molecular formula is C21H30S2. The van der Waals surface area contributed by atoms with E-state index < -0.39 is 0 Å². The van der Waals surface area contributed by atoms with Crippen molar-refractivity contribution < 1.29 is 0 Å². The van der Waals surface area contributed by atoms with E-state index in [4.69, 9.17) is 0 Å². The highest BCUT2D eigenvalue weighted by atomic mass is 32.1. The molecular weight excluding hydrogens is 316 g/mol. The molecule has 2 heterocycles. The average Bonchev–Trinajstić information content (AvgIpc) is 3.18. The molecule has 0 nitrogen and oxygen atoms in total. The van der Waals surface area contributed by atoms with Crippen molar-refractivity contribution in [2.45, 2.75) is 84.5 Å². The Kier molecular flexibility index (Phi) is 6.36. The van der Waals surface area contributed by atoms with Gasteiger partial charge in [-0.05, 0) is 48.9 Å². The first-order valence-electron chi connectivity index (χ1n) is 9.55. The lowest BCUT2D eigenvalue weighted by Crippen LogP contribution is -1.83. The molecule has 0 spiro atoms. The van der Waals surface area contributed by atoms with Crippen LogP contribution in [0.5, 0.6) is 0 Å². The summed E-state index contributed by atoms with van der Waals surface area (Å²) < 4.78 is 0. The molecule has 23 heavy (non-hydrogen) atoms. The van der Waals surface area contributed by atoms with Crippen LogP contribution in [0.15, 0.2) is 12.1 Å².